The molecule has 0 saturated heterocycles. The van der Waals surface area contributed by atoms with Gasteiger partial charge in [-0.2, -0.15) is 0 Å². The van der Waals surface area contributed by atoms with Crippen LogP contribution >= 0.6 is 0 Å². The minimum atomic E-state index is -0.250. The van der Waals surface area contributed by atoms with Gasteiger partial charge in [-0.05, 0) is 23.8 Å². The number of benzene rings is 1. The fourth-order valence-corrected chi connectivity index (χ4v) is 1.40. The van der Waals surface area contributed by atoms with Gasteiger partial charge in [-0.25, -0.2) is 9.78 Å². The highest BCUT2D eigenvalue weighted by atomic mass is 16.1. The SMILES string of the molecule is Nc1cccc(Cn2cccnc2=O)c1. The van der Waals surface area contributed by atoms with Gasteiger partial charge in [0.15, 0.2) is 0 Å². The Labute approximate surface area is 87.0 Å². The highest BCUT2D eigenvalue weighted by molar-refractivity contribution is 5.40. The topological polar surface area (TPSA) is 60.9 Å². The van der Waals surface area contributed by atoms with E-state index >= 15 is 0 Å². The molecule has 76 valence electrons. The van der Waals surface area contributed by atoms with E-state index in [1.807, 2.05) is 24.3 Å². The molecular weight excluding hydrogens is 190 g/mol. The molecule has 1 aromatic carbocycles. The summed E-state index contributed by atoms with van der Waals surface area (Å²) in [6.07, 6.45) is 3.19. The standard InChI is InChI=1S/C11H11N3O/c12-10-4-1-3-9(7-10)8-14-6-2-5-13-11(14)15/h1-7H,8,12H2. The normalized spacial score (nSPS) is 10.1. The fraction of sp³-hybridized carbons (Fsp3) is 0.0909. The predicted octanol–water partition coefficient (Wildman–Crippen LogP) is 0.874. The first-order valence-electron chi connectivity index (χ1n) is 4.61. The van der Waals surface area contributed by atoms with Gasteiger partial charge in [0.25, 0.3) is 0 Å². The lowest BCUT2D eigenvalue weighted by Crippen LogP contribution is -2.21. The van der Waals surface area contributed by atoms with Crippen LogP contribution in [-0.4, -0.2) is 9.55 Å². The highest BCUT2D eigenvalue weighted by Gasteiger charge is 1.97. The Morgan fingerprint density at radius 2 is 2.20 bits per heavy atom. The maximum atomic E-state index is 11.3. The molecule has 15 heavy (non-hydrogen) atoms. The van der Waals surface area contributed by atoms with Gasteiger partial charge in [-0.1, -0.05) is 12.1 Å². The van der Waals surface area contributed by atoms with Crippen molar-refractivity contribution >= 4 is 5.69 Å². The number of hydrogen-bond acceptors (Lipinski definition) is 3. The number of hydrogen-bond donors (Lipinski definition) is 1. The quantitative estimate of drug-likeness (QED) is 0.733. The van der Waals surface area contributed by atoms with Crippen molar-refractivity contribution in [2.75, 3.05) is 5.73 Å². The number of rotatable bonds is 2. The molecule has 0 unspecified atom stereocenters. The Kier molecular flexibility index (Phi) is 2.49. The Balaban J connectivity index is 2.30. The fourth-order valence-electron chi connectivity index (χ4n) is 1.40. The van der Waals surface area contributed by atoms with Crippen molar-refractivity contribution < 1.29 is 0 Å². The van der Waals surface area contributed by atoms with Crippen LogP contribution in [0.2, 0.25) is 0 Å². The Bertz CT molecular complexity index is 519. The second-order valence-electron chi connectivity index (χ2n) is 3.28. The Morgan fingerprint density at radius 3 is 2.93 bits per heavy atom. The average molecular weight is 201 g/mol. The molecule has 0 saturated carbocycles. The summed E-state index contributed by atoms with van der Waals surface area (Å²) in [7, 11) is 0. The molecule has 0 bridgehead atoms. The minimum absolute atomic E-state index is 0.250. The molecule has 2 rings (SSSR count). The molecule has 0 atom stereocenters. The number of anilines is 1. The lowest BCUT2D eigenvalue weighted by Gasteiger charge is -2.04. The van der Waals surface area contributed by atoms with Crippen LogP contribution in [0.25, 0.3) is 0 Å². The molecule has 4 nitrogen and oxygen atoms in total. The molecule has 0 radical (unpaired) electrons. The van der Waals surface area contributed by atoms with Crippen molar-refractivity contribution in [2.45, 2.75) is 6.54 Å². The Morgan fingerprint density at radius 1 is 1.33 bits per heavy atom. The second kappa shape index (κ2) is 3.96. The summed E-state index contributed by atoms with van der Waals surface area (Å²) >= 11 is 0. The van der Waals surface area contributed by atoms with E-state index in [2.05, 4.69) is 4.98 Å². The molecule has 1 heterocycles. The third-order valence-electron chi connectivity index (χ3n) is 2.09. The van der Waals surface area contributed by atoms with Gasteiger partial charge in [0.1, 0.15) is 0 Å². The highest BCUT2D eigenvalue weighted by Crippen LogP contribution is 2.06. The van der Waals surface area contributed by atoms with Crippen molar-refractivity contribution in [2.24, 2.45) is 0 Å². The van der Waals surface area contributed by atoms with Gasteiger partial charge in [-0.15, -0.1) is 0 Å². The zero-order chi connectivity index (χ0) is 10.7. The van der Waals surface area contributed by atoms with Crippen LogP contribution in [0.4, 0.5) is 5.69 Å². The van der Waals surface area contributed by atoms with E-state index in [1.165, 1.54) is 10.8 Å². The van der Waals surface area contributed by atoms with Crippen LogP contribution in [0.15, 0.2) is 47.5 Å². The summed E-state index contributed by atoms with van der Waals surface area (Å²) in [4.78, 5) is 15.0. The lowest BCUT2D eigenvalue weighted by molar-refractivity contribution is 0.727. The molecule has 4 heteroatoms. The summed E-state index contributed by atoms with van der Waals surface area (Å²) in [5.74, 6) is 0. The molecule has 1 aromatic heterocycles. The maximum Gasteiger partial charge on any atom is 0.347 e. The number of nitrogens with two attached hydrogens (primary N) is 1. The third-order valence-corrected chi connectivity index (χ3v) is 2.09. The van der Waals surface area contributed by atoms with Crippen molar-refractivity contribution in [3.63, 3.8) is 0 Å². The summed E-state index contributed by atoms with van der Waals surface area (Å²) in [5.41, 5.74) is 7.09. The molecule has 0 aliphatic heterocycles. The van der Waals surface area contributed by atoms with Crippen LogP contribution in [-0.2, 0) is 6.54 Å². The van der Waals surface area contributed by atoms with Gasteiger partial charge >= 0.3 is 5.69 Å². The molecule has 2 aromatic rings. The van der Waals surface area contributed by atoms with Gasteiger partial charge in [-0.3, -0.25) is 4.57 Å². The summed E-state index contributed by atoms with van der Waals surface area (Å²) in [6, 6.07) is 9.19. The third kappa shape index (κ3) is 2.22. The molecular formula is C11H11N3O. The zero-order valence-corrected chi connectivity index (χ0v) is 8.13. The van der Waals surface area contributed by atoms with Crippen molar-refractivity contribution in [1.82, 2.24) is 9.55 Å². The predicted molar refractivity (Wildman–Crippen MR) is 58.5 cm³/mol. The average Bonchev–Trinajstić information content (AvgIpc) is 2.22. The van der Waals surface area contributed by atoms with Gasteiger partial charge in [0.05, 0.1) is 6.54 Å². The van der Waals surface area contributed by atoms with E-state index < -0.39 is 0 Å². The first-order chi connectivity index (χ1) is 7.25. The maximum absolute atomic E-state index is 11.3. The van der Waals surface area contributed by atoms with Crippen LogP contribution in [0.5, 0.6) is 0 Å². The number of aromatic nitrogens is 2. The largest absolute Gasteiger partial charge is 0.399 e. The second-order valence-corrected chi connectivity index (χ2v) is 3.28. The van der Waals surface area contributed by atoms with Crippen LogP contribution in [0.1, 0.15) is 5.56 Å². The van der Waals surface area contributed by atoms with E-state index in [-0.39, 0.29) is 5.69 Å². The molecule has 0 aliphatic rings. The van der Waals surface area contributed by atoms with Gasteiger partial charge in [0.2, 0.25) is 0 Å². The molecule has 0 aliphatic carbocycles. The van der Waals surface area contributed by atoms with E-state index in [0.717, 1.165) is 5.56 Å². The van der Waals surface area contributed by atoms with E-state index in [0.29, 0.717) is 12.2 Å². The number of nitrogen functional groups attached to an aromatic ring is 1. The summed E-state index contributed by atoms with van der Waals surface area (Å²) < 4.78 is 1.54. The number of nitrogens with zero attached hydrogens (tertiary/aromatic N) is 2. The molecule has 2 N–H and O–H groups in total. The molecule has 0 spiro atoms. The summed E-state index contributed by atoms with van der Waals surface area (Å²) in [6.45, 7) is 0.498. The van der Waals surface area contributed by atoms with E-state index in [1.54, 1.807) is 12.3 Å². The van der Waals surface area contributed by atoms with Crippen molar-refractivity contribution in [3.8, 4) is 0 Å². The van der Waals surface area contributed by atoms with Crippen molar-refractivity contribution in [1.29, 1.82) is 0 Å². The monoisotopic (exact) mass is 201 g/mol. The zero-order valence-electron chi connectivity index (χ0n) is 8.13. The minimum Gasteiger partial charge on any atom is -0.399 e. The van der Waals surface area contributed by atoms with Gasteiger partial charge in [0, 0.05) is 18.1 Å². The smallest absolute Gasteiger partial charge is 0.347 e. The van der Waals surface area contributed by atoms with E-state index in [4.69, 9.17) is 5.73 Å². The van der Waals surface area contributed by atoms with Crippen LogP contribution in [0.3, 0.4) is 0 Å². The lowest BCUT2D eigenvalue weighted by atomic mass is 10.2. The Hall–Kier alpha value is -2.10. The van der Waals surface area contributed by atoms with Crippen LogP contribution < -0.4 is 11.4 Å². The van der Waals surface area contributed by atoms with Crippen molar-refractivity contribution in [3.05, 3.63) is 58.8 Å². The summed E-state index contributed by atoms with van der Waals surface area (Å²) in [5, 5.41) is 0. The first-order valence-corrected chi connectivity index (χ1v) is 4.61. The molecule has 0 fully saturated rings. The molecule has 0 amide bonds. The first kappa shape index (κ1) is 9.45. The van der Waals surface area contributed by atoms with Gasteiger partial charge < -0.3 is 5.73 Å². The van der Waals surface area contributed by atoms with E-state index in [9.17, 15) is 4.79 Å². The van der Waals surface area contributed by atoms with Crippen LogP contribution in [0, 0.1) is 0 Å².